The van der Waals surface area contributed by atoms with Gasteiger partial charge in [0.1, 0.15) is 17.3 Å². The van der Waals surface area contributed by atoms with Crippen LogP contribution in [-0.2, 0) is 6.42 Å². The van der Waals surface area contributed by atoms with E-state index in [0.717, 1.165) is 30.6 Å². The quantitative estimate of drug-likeness (QED) is 0.616. The highest BCUT2D eigenvalue weighted by atomic mass is 16.3. The molecule has 0 aliphatic heterocycles. The summed E-state index contributed by atoms with van der Waals surface area (Å²) in [6, 6.07) is 5.06. The smallest absolute Gasteiger partial charge is 0.123 e. The zero-order valence-corrected chi connectivity index (χ0v) is 15.2. The van der Waals surface area contributed by atoms with Crippen molar-refractivity contribution in [2.24, 2.45) is 0 Å². The average molecular weight is 338 g/mol. The standard InChI is InChI=1S/C22H26O3/c1-15(8-9-19-13-21(23)18(4)12-22(19)24)6-5-7-16(2)10-20-11-17(3)14-25-20/h7-9,11-14,23-24H,4-6,10H2,1-3H3. The normalized spacial score (nSPS) is 13.5. The number of hydrogen-bond acceptors (Lipinski definition) is 3. The van der Waals surface area contributed by atoms with Crippen LogP contribution in [0.15, 0.2) is 52.2 Å². The number of benzene rings is 1. The maximum Gasteiger partial charge on any atom is 0.123 e. The number of rotatable bonds is 6. The number of phenolic OH excluding ortho intramolecular Hbond substituents is 2. The minimum absolute atomic E-state index is 0.0850. The topological polar surface area (TPSA) is 53.6 Å². The van der Waals surface area contributed by atoms with Crippen LogP contribution < -0.4 is 10.4 Å². The van der Waals surface area contributed by atoms with E-state index >= 15 is 0 Å². The molecule has 0 amide bonds. The lowest BCUT2D eigenvalue weighted by molar-refractivity contribution is 0.453. The first-order valence-electron chi connectivity index (χ1n) is 8.43. The molecule has 0 spiro atoms. The Labute approximate surface area is 148 Å². The van der Waals surface area contributed by atoms with Gasteiger partial charge < -0.3 is 14.6 Å². The van der Waals surface area contributed by atoms with Crippen molar-refractivity contribution >= 4 is 12.7 Å². The minimum atomic E-state index is 0.0850. The molecule has 1 heterocycles. The van der Waals surface area contributed by atoms with E-state index in [1.807, 2.05) is 19.1 Å². The molecular weight excluding hydrogens is 312 g/mol. The van der Waals surface area contributed by atoms with E-state index in [1.54, 1.807) is 6.26 Å². The molecule has 1 aromatic carbocycles. The highest BCUT2D eigenvalue weighted by molar-refractivity contribution is 5.46. The first kappa shape index (κ1) is 18.7. The maximum atomic E-state index is 9.89. The van der Waals surface area contributed by atoms with Gasteiger partial charge in [-0.15, -0.1) is 0 Å². The SMILES string of the molecule is C=c1cc(O)c(=CC=C(C)CCC=C(C)Cc2cc(C)co2)cc1O. The van der Waals surface area contributed by atoms with Gasteiger partial charge in [0, 0.05) is 16.9 Å². The van der Waals surface area contributed by atoms with Crippen LogP contribution in [-0.4, -0.2) is 10.2 Å². The minimum Gasteiger partial charge on any atom is -0.507 e. The number of hydrogen-bond donors (Lipinski definition) is 2. The van der Waals surface area contributed by atoms with Crippen molar-refractivity contribution in [2.75, 3.05) is 0 Å². The molecule has 2 N–H and O–H groups in total. The summed E-state index contributed by atoms with van der Waals surface area (Å²) in [5, 5.41) is 20.6. The van der Waals surface area contributed by atoms with E-state index in [4.69, 9.17) is 4.42 Å². The summed E-state index contributed by atoms with van der Waals surface area (Å²) in [6.07, 6.45) is 10.5. The number of aromatic hydroxyl groups is 2. The predicted octanol–water partition coefficient (Wildman–Crippen LogP) is 4.11. The lowest BCUT2D eigenvalue weighted by Crippen LogP contribution is -2.07. The van der Waals surface area contributed by atoms with Gasteiger partial charge in [-0.25, -0.2) is 0 Å². The fraction of sp³-hybridized carbons (Fsp3) is 0.273. The van der Waals surface area contributed by atoms with Crippen molar-refractivity contribution in [3.05, 3.63) is 69.5 Å². The van der Waals surface area contributed by atoms with Crippen molar-refractivity contribution in [3.8, 4) is 11.5 Å². The van der Waals surface area contributed by atoms with Gasteiger partial charge in [-0.05, 0) is 57.4 Å². The van der Waals surface area contributed by atoms with Gasteiger partial charge in [0.2, 0.25) is 0 Å². The summed E-state index contributed by atoms with van der Waals surface area (Å²) in [4.78, 5) is 0. The van der Waals surface area contributed by atoms with Crippen LogP contribution in [0.5, 0.6) is 11.5 Å². The van der Waals surface area contributed by atoms with E-state index in [2.05, 4.69) is 32.6 Å². The first-order chi connectivity index (χ1) is 11.8. The molecule has 2 aromatic rings. The predicted molar refractivity (Wildman–Crippen MR) is 103 cm³/mol. The molecule has 3 heteroatoms. The fourth-order valence-corrected chi connectivity index (χ4v) is 2.56. The van der Waals surface area contributed by atoms with Crippen molar-refractivity contribution in [1.82, 2.24) is 0 Å². The van der Waals surface area contributed by atoms with Crippen molar-refractivity contribution in [1.29, 1.82) is 0 Å². The third-order valence-corrected chi connectivity index (χ3v) is 4.04. The van der Waals surface area contributed by atoms with Gasteiger partial charge in [-0.2, -0.15) is 0 Å². The van der Waals surface area contributed by atoms with Crippen LogP contribution in [0.1, 0.15) is 38.0 Å². The lowest BCUT2D eigenvalue weighted by Gasteiger charge is -2.00. The number of furan rings is 1. The molecule has 0 aliphatic carbocycles. The first-order valence-corrected chi connectivity index (χ1v) is 8.43. The zero-order valence-electron chi connectivity index (χ0n) is 15.2. The number of phenols is 2. The molecule has 132 valence electrons. The van der Waals surface area contributed by atoms with E-state index in [0.29, 0.717) is 10.4 Å². The van der Waals surface area contributed by atoms with Gasteiger partial charge in [0.05, 0.1) is 6.26 Å². The Bertz CT molecular complexity index is 898. The molecule has 0 fully saturated rings. The zero-order chi connectivity index (χ0) is 18.4. The molecule has 2 rings (SSSR count). The third-order valence-electron chi connectivity index (χ3n) is 4.04. The van der Waals surface area contributed by atoms with Crippen LogP contribution in [0, 0.1) is 6.92 Å². The average Bonchev–Trinajstić information content (AvgIpc) is 2.94. The van der Waals surface area contributed by atoms with Crippen molar-refractivity contribution in [2.45, 2.75) is 40.0 Å². The third kappa shape index (κ3) is 5.71. The van der Waals surface area contributed by atoms with Gasteiger partial charge in [0.15, 0.2) is 0 Å². The molecule has 0 atom stereocenters. The monoisotopic (exact) mass is 338 g/mol. The Kier molecular flexibility index (Phi) is 6.29. The molecule has 0 unspecified atom stereocenters. The van der Waals surface area contributed by atoms with Gasteiger partial charge in [-0.1, -0.05) is 36.0 Å². The Morgan fingerprint density at radius 1 is 1.12 bits per heavy atom. The van der Waals surface area contributed by atoms with Crippen LogP contribution in [0.2, 0.25) is 0 Å². The number of aryl methyl sites for hydroxylation is 1. The highest BCUT2D eigenvalue weighted by Crippen LogP contribution is 2.14. The Balaban J connectivity index is 1.95. The Hall–Kier alpha value is -2.68. The van der Waals surface area contributed by atoms with Crippen molar-refractivity contribution < 1.29 is 14.6 Å². The molecule has 0 radical (unpaired) electrons. The summed E-state index contributed by atoms with van der Waals surface area (Å²) >= 11 is 0. The van der Waals surface area contributed by atoms with Crippen LogP contribution in [0.3, 0.4) is 0 Å². The van der Waals surface area contributed by atoms with E-state index in [-0.39, 0.29) is 11.5 Å². The Morgan fingerprint density at radius 2 is 1.88 bits per heavy atom. The molecule has 1 aromatic heterocycles. The second-order valence-corrected chi connectivity index (χ2v) is 6.58. The van der Waals surface area contributed by atoms with E-state index in [9.17, 15) is 10.2 Å². The molecule has 0 bridgehead atoms. The second-order valence-electron chi connectivity index (χ2n) is 6.58. The summed E-state index contributed by atoms with van der Waals surface area (Å²) in [5.74, 6) is 1.20. The van der Waals surface area contributed by atoms with Gasteiger partial charge in [0.25, 0.3) is 0 Å². The summed E-state index contributed by atoms with van der Waals surface area (Å²) in [6.45, 7) is 9.85. The van der Waals surface area contributed by atoms with E-state index in [1.165, 1.54) is 23.3 Å². The summed E-state index contributed by atoms with van der Waals surface area (Å²) in [7, 11) is 0. The van der Waals surface area contributed by atoms with Crippen molar-refractivity contribution in [3.63, 3.8) is 0 Å². The summed E-state index contributed by atoms with van der Waals surface area (Å²) in [5.41, 5.74) is 3.65. The largest absolute Gasteiger partial charge is 0.507 e. The summed E-state index contributed by atoms with van der Waals surface area (Å²) < 4.78 is 5.47. The molecule has 3 nitrogen and oxygen atoms in total. The van der Waals surface area contributed by atoms with E-state index < -0.39 is 0 Å². The van der Waals surface area contributed by atoms with Crippen LogP contribution >= 0.6 is 0 Å². The van der Waals surface area contributed by atoms with Gasteiger partial charge >= 0.3 is 0 Å². The van der Waals surface area contributed by atoms with Crippen LogP contribution in [0.4, 0.5) is 0 Å². The molecule has 25 heavy (non-hydrogen) atoms. The Morgan fingerprint density at radius 3 is 2.56 bits per heavy atom. The van der Waals surface area contributed by atoms with Gasteiger partial charge in [-0.3, -0.25) is 0 Å². The second kappa shape index (κ2) is 8.43. The molecule has 0 saturated carbocycles. The molecule has 0 aliphatic rings. The lowest BCUT2D eigenvalue weighted by atomic mass is 10.1. The van der Waals surface area contributed by atoms with Crippen LogP contribution in [0.25, 0.3) is 12.7 Å². The number of allylic oxidation sites excluding steroid dienone is 4. The molecular formula is C22H26O3. The highest BCUT2D eigenvalue weighted by Gasteiger charge is 2.00. The fourth-order valence-electron chi connectivity index (χ4n) is 2.56. The molecule has 0 saturated heterocycles. The maximum absolute atomic E-state index is 9.89.